The highest BCUT2D eigenvalue weighted by Gasteiger charge is 2.18. The molecule has 0 bridgehead atoms. The molecule has 0 unspecified atom stereocenters. The third-order valence-electron chi connectivity index (χ3n) is 4.04. The molecule has 1 aliphatic rings. The molecule has 0 fully saturated rings. The van der Waals surface area contributed by atoms with E-state index in [1.165, 1.54) is 0 Å². The summed E-state index contributed by atoms with van der Waals surface area (Å²) in [6.07, 6.45) is -0.612. The summed E-state index contributed by atoms with van der Waals surface area (Å²) >= 11 is 0. The average Bonchev–Trinajstić information content (AvgIpc) is 2.58. The van der Waals surface area contributed by atoms with Crippen LogP contribution in [0.2, 0.25) is 0 Å². The maximum Gasteiger partial charge on any atom is 0.265 e. The molecule has 1 N–H and O–H groups in total. The largest absolute Gasteiger partial charge is 0.486 e. The highest BCUT2D eigenvalue weighted by Crippen LogP contribution is 2.32. The fourth-order valence-corrected chi connectivity index (χ4v) is 2.46. The van der Waals surface area contributed by atoms with E-state index in [1.54, 1.807) is 25.1 Å². The van der Waals surface area contributed by atoms with Crippen molar-refractivity contribution >= 4 is 11.6 Å². The molecular weight excluding hydrogens is 306 g/mol. The fraction of sp³-hybridized carbons (Fsp3) is 0.316. The second kappa shape index (κ2) is 6.83. The lowest BCUT2D eigenvalue weighted by Gasteiger charge is -2.20. The number of nitrogens with one attached hydrogen (secondary N) is 1. The number of aryl methyl sites for hydroxylation is 1. The minimum Gasteiger partial charge on any atom is -0.486 e. The molecule has 0 radical (unpaired) electrons. The molecule has 126 valence electrons. The Balaban J connectivity index is 1.67. The van der Waals surface area contributed by atoms with Crippen LogP contribution in [0, 0.1) is 13.8 Å². The predicted octanol–water partition coefficient (Wildman–Crippen LogP) is 3.48. The van der Waals surface area contributed by atoms with Gasteiger partial charge in [0.15, 0.2) is 17.6 Å². The van der Waals surface area contributed by atoms with E-state index in [-0.39, 0.29) is 5.91 Å². The quantitative estimate of drug-likeness (QED) is 0.934. The Labute approximate surface area is 141 Å². The van der Waals surface area contributed by atoms with Gasteiger partial charge < -0.3 is 19.5 Å². The van der Waals surface area contributed by atoms with Crippen molar-refractivity contribution in [3.8, 4) is 17.2 Å². The number of amides is 1. The van der Waals surface area contributed by atoms with Crippen LogP contribution in [0.25, 0.3) is 0 Å². The number of rotatable bonds is 4. The van der Waals surface area contributed by atoms with Gasteiger partial charge in [-0.25, -0.2) is 0 Å². The van der Waals surface area contributed by atoms with Crippen molar-refractivity contribution in [3.05, 3.63) is 47.5 Å². The van der Waals surface area contributed by atoms with Crippen LogP contribution >= 0.6 is 0 Å². The zero-order valence-electron chi connectivity index (χ0n) is 14.1. The molecule has 1 heterocycles. The molecule has 0 saturated heterocycles. The second-order valence-corrected chi connectivity index (χ2v) is 5.81. The number of ether oxygens (including phenoxy) is 3. The van der Waals surface area contributed by atoms with Gasteiger partial charge in [0.25, 0.3) is 5.91 Å². The van der Waals surface area contributed by atoms with Crippen LogP contribution < -0.4 is 19.5 Å². The number of carbonyl (C=O) groups is 1. The van der Waals surface area contributed by atoms with Crippen molar-refractivity contribution in [1.82, 2.24) is 0 Å². The Bertz CT molecular complexity index is 757. The summed E-state index contributed by atoms with van der Waals surface area (Å²) in [5.41, 5.74) is 2.82. The number of benzene rings is 2. The first-order valence-electron chi connectivity index (χ1n) is 7.98. The Morgan fingerprint density at radius 3 is 2.67 bits per heavy atom. The lowest BCUT2D eigenvalue weighted by Crippen LogP contribution is -2.30. The lowest BCUT2D eigenvalue weighted by atomic mass is 10.1. The SMILES string of the molecule is Cc1cccc(O[C@@H](C)C(=O)Nc2ccc3c(c2)OCCO3)c1C. The maximum atomic E-state index is 12.4. The van der Waals surface area contributed by atoms with Gasteiger partial charge in [0.2, 0.25) is 0 Å². The Kier molecular flexibility index (Phi) is 4.60. The van der Waals surface area contributed by atoms with Crippen LogP contribution in [0.1, 0.15) is 18.1 Å². The molecule has 24 heavy (non-hydrogen) atoms. The van der Waals surface area contributed by atoms with Crippen LogP contribution in [0.4, 0.5) is 5.69 Å². The van der Waals surface area contributed by atoms with E-state index in [4.69, 9.17) is 14.2 Å². The smallest absolute Gasteiger partial charge is 0.265 e. The van der Waals surface area contributed by atoms with Crippen molar-refractivity contribution < 1.29 is 19.0 Å². The summed E-state index contributed by atoms with van der Waals surface area (Å²) in [7, 11) is 0. The molecular formula is C19H21NO4. The highest BCUT2D eigenvalue weighted by atomic mass is 16.6. The lowest BCUT2D eigenvalue weighted by molar-refractivity contribution is -0.122. The van der Waals surface area contributed by atoms with Crippen molar-refractivity contribution in [2.45, 2.75) is 26.9 Å². The molecule has 0 aromatic heterocycles. The van der Waals surface area contributed by atoms with E-state index in [9.17, 15) is 4.79 Å². The van der Waals surface area contributed by atoms with Gasteiger partial charge in [0.05, 0.1) is 0 Å². The molecule has 1 atom stereocenters. The molecule has 1 aliphatic heterocycles. The Hall–Kier alpha value is -2.69. The van der Waals surface area contributed by atoms with E-state index in [0.29, 0.717) is 30.4 Å². The summed E-state index contributed by atoms with van der Waals surface area (Å²) < 4.78 is 16.8. The van der Waals surface area contributed by atoms with E-state index >= 15 is 0 Å². The number of carbonyl (C=O) groups excluding carboxylic acids is 1. The standard InChI is InChI=1S/C19H21NO4/c1-12-5-4-6-16(13(12)2)24-14(3)19(21)20-15-7-8-17-18(11-15)23-10-9-22-17/h4-8,11,14H,9-10H2,1-3H3,(H,20,21)/t14-/m0/s1. The molecule has 2 aromatic carbocycles. The summed E-state index contributed by atoms with van der Waals surface area (Å²) in [6, 6.07) is 11.1. The maximum absolute atomic E-state index is 12.4. The normalized spacial score (nSPS) is 14.0. The minimum absolute atomic E-state index is 0.215. The zero-order chi connectivity index (χ0) is 17.1. The molecule has 1 amide bonds. The summed E-state index contributed by atoms with van der Waals surface area (Å²) in [5.74, 6) is 1.84. The minimum atomic E-state index is -0.612. The highest BCUT2D eigenvalue weighted by molar-refractivity contribution is 5.94. The third kappa shape index (κ3) is 3.45. The van der Waals surface area contributed by atoms with Crippen LogP contribution in [-0.2, 0) is 4.79 Å². The number of hydrogen-bond donors (Lipinski definition) is 1. The first kappa shape index (κ1) is 16.2. The monoisotopic (exact) mass is 327 g/mol. The molecule has 0 aliphatic carbocycles. The number of anilines is 1. The second-order valence-electron chi connectivity index (χ2n) is 5.81. The van der Waals surface area contributed by atoms with Crippen LogP contribution in [0.15, 0.2) is 36.4 Å². The van der Waals surface area contributed by atoms with Gasteiger partial charge >= 0.3 is 0 Å². The Morgan fingerprint density at radius 2 is 1.88 bits per heavy atom. The van der Waals surface area contributed by atoms with E-state index in [0.717, 1.165) is 16.9 Å². The third-order valence-corrected chi connectivity index (χ3v) is 4.04. The average molecular weight is 327 g/mol. The summed E-state index contributed by atoms with van der Waals surface area (Å²) in [6.45, 7) is 6.78. The van der Waals surface area contributed by atoms with E-state index in [1.807, 2.05) is 32.0 Å². The van der Waals surface area contributed by atoms with Crippen LogP contribution in [0.5, 0.6) is 17.2 Å². The van der Waals surface area contributed by atoms with Crippen molar-refractivity contribution in [2.24, 2.45) is 0 Å². The molecule has 0 saturated carbocycles. The van der Waals surface area contributed by atoms with Crippen molar-refractivity contribution in [2.75, 3.05) is 18.5 Å². The molecule has 0 spiro atoms. The first-order chi connectivity index (χ1) is 11.5. The first-order valence-corrected chi connectivity index (χ1v) is 7.98. The van der Waals surface area contributed by atoms with Gasteiger partial charge in [-0.1, -0.05) is 12.1 Å². The molecule has 5 nitrogen and oxygen atoms in total. The predicted molar refractivity (Wildman–Crippen MR) is 92.1 cm³/mol. The van der Waals surface area contributed by atoms with Gasteiger partial charge in [-0.15, -0.1) is 0 Å². The van der Waals surface area contributed by atoms with Gasteiger partial charge in [0, 0.05) is 11.8 Å². The van der Waals surface area contributed by atoms with E-state index < -0.39 is 6.10 Å². The zero-order valence-corrected chi connectivity index (χ0v) is 14.1. The molecule has 5 heteroatoms. The summed E-state index contributed by atoms with van der Waals surface area (Å²) in [4.78, 5) is 12.4. The van der Waals surface area contributed by atoms with Crippen molar-refractivity contribution in [1.29, 1.82) is 0 Å². The van der Waals surface area contributed by atoms with Crippen LogP contribution in [0.3, 0.4) is 0 Å². The molecule has 2 aromatic rings. The van der Waals surface area contributed by atoms with Gasteiger partial charge in [-0.2, -0.15) is 0 Å². The van der Waals surface area contributed by atoms with Crippen LogP contribution in [-0.4, -0.2) is 25.2 Å². The fourth-order valence-electron chi connectivity index (χ4n) is 2.46. The topological polar surface area (TPSA) is 56.8 Å². The van der Waals surface area contributed by atoms with Gasteiger partial charge in [-0.3, -0.25) is 4.79 Å². The van der Waals surface area contributed by atoms with Gasteiger partial charge in [0.1, 0.15) is 19.0 Å². The van der Waals surface area contributed by atoms with Crippen molar-refractivity contribution in [3.63, 3.8) is 0 Å². The van der Waals surface area contributed by atoms with E-state index in [2.05, 4.69) is 5.32 Å². The Morgan fingerprint density at radius 1 is 1.12 bits per heavy atom. The van der Waals surface area contributed by atoms with Gasteiger partial charge in [-0.05, 0) is 50.1 Å². The summed E-state index contributed by atoms with van der Waals surface area (Å²) in [5, 5.41) is 2.85. The number of hydrogen-bond acceptors (Lipinski definition) is 4. The molecule has 3 rings (SSSR count). The number of fused-ring (bicyclic) bond motifs is 1.